The van der Waals surface area contributed by atoms with Crippen LogP contribution in [0.1, 0.15) is 31.7 Å². The number of hydrogen-bond acceptors (Lipinski definition) is 4. The van der Waals surface area contributed by atoms with Crippen LogP contribution in [0.3, 0.4) is 0 Å². The van der Waals surface area contributed by atoms with E-state index in [1.807, 2.05) is 0 Å². The number of rotatable bonds is 8. The van der Waals surface area contributed by atoms with Crippen molar-refractivity contribution in [3.63, 3.8) is 0 Å². The number of nitrogens with one attached hydrogen (secondary N) is 2. The third kappa shape index (κ3) is 4.63. The molecule has 1 saturated carbocycles. The fraction of sp³-hybridized carbons (Fsp3) is 0.333. The SMILES string of the molecule is CCCc1ccc(S(=O)(=O)Nc2ccc(S(=O)(=O)NC3CC3)cc2)cc1. The molecule has 0 atom stereocenters. The summed E-state index contributed by atoms with van der Waals surface area (Å²) in [6, 6.07) is 12.5. The largest absolute Gasteiger partial charge is 0.280 e. The first-order chi connectivity index (χ1) is 12.3. The van der Waals surface area contributed by atoms with Crippen molar-refractivity contribution in [2.24, 2.45) is 0 Å². The lowest BCUT2D eigenvalue weighted by Crippen LogP contribution is -2.25. The van der Waals surface area contributed by atoms with Gasteiger partial charge in [0.2, 0.25) is 10.0 Å². The molecule has 140 valence electrons. The molecule has 0 amide bonds. The van der Waals surface area contributed by atoms with Crippen LogP contribution < -0.4 is 9.44 Å². The van der Waals surface area contributed by atoms with Gasteiger partial charge in [0.25, 0.3) is 10.0 Å². The van der Waals surface area contributed by atoms with Gasteiger partial charge in [0, 0.05) is 11.7 Å². The number of sulfonamides is 2. The second kappa shape index (κ2) is 7.38. The molecule has 1 fully saturated rings. The molecule has 2 aromatic carbocycles. The van der Waals surface area contributed by atoms with Gasteiger partial charge in [-0.15, -0.1) is 0 Å². The molecule has 0 aromatic heterocycles. The molecule has 0 saturated heterocycles. The van der Waals surface area contributed by atoms with E-state index in [1.54, 1.807) is 24.3 Å². The van der Waals surface area contributed by atoms with E-state index in [9.17, 15) is 16.8 Å². The summed E-state index contributed by atoms with van der Waals surface area (Å²) in [5.41, 5.74) is 1.40. The Balaban J connectivity index is 1.73. The second-order valence-corrected chi connectivity index (χ2v) is 9.82. The van der Waals surface area contributed by atoms with Gasteiger partial charge in [0.05, 0.1) is 9.79 Å². The van der Waals surface area contributed by atoms with Crippen molar-refractivity contribution in [3.8, 4) is 0 Å². The van der Waals surface area contributed by atoms with E-state index in [4.69, 9.17) is 0 Å². The van der Waals surface area contributed by atoms with Crippen LogP contribution >= 0.6 is 0 Å². The smallest absolute Gasteiger partial charge is 0.261 e. The lowest BCUT2D eigenvalue weighted by Gasteiger charge is -2.10. The van der Waals surface area contributed by atoms with Crippen molar-refractivity contribution in [2.75, 3.05) is 4.72 Å². The summed E-state index contributed by atoms with van der Waals surface area (Å²) < 4.78 is 54.3. The molecule has 6 nitrogen and oxygen atoms in total. The Bertz CT molecular complexity index is 963. The van der Waals surface area contributed by atoms with Gasteiger partial charge in [-0.2, -0.15) is 0 Å². The normalized spacial score (nSPS) is 15.0. The molecule has 0 aliphatic heterocycles. The Kier molecular flexibility index (Phi) is 5.36. The molecular formula is C18H22N2O4S2. The monoisotopic (exact) mass is 394 g/mol. The molecule has 26 heavy (non-hydrogen) atoms. The van der Waals surface area contributed by atoms with Gasteiger partial charge < -0.3 is 0 Å². The Labute approximate surface area is 154 Å². The highest BCUT2D eigenvalue weighted by atomic mass is 32.2. The van der Waals surface area contributed by atoms with E-state index >= 15 is 0 Å². The van der Waals surface area contributed by atoms with Gasteiger partial charge in [-0.05, 0) is 61.2 Å². The predicted molar refractivity (Wildman–Crippen MR) is 101 cm³/mol. The summed E-state index contributed by atoms with van der Waals surface area (Å²) in [6.45, 7) is 2.07. The standard InChI is InChI=1S/C18H22N2O4S2/c1-2-3-14-4-10-17(11-5-14)25(21,22)20-16-8-12-18(13-9-16)26(23,24)19-15-6-7-15/h4-5,8-13,15,19-20H,2-3,6-7H2,1H3. The fourth-order valence-corrected chi connectivity index (χ4v) is 4.89. The molecule has 0 spiro atoms. The highest BCUT2D eigenvalue weighted by Gasteiger charge is 2.27. The lowest BCUT2D eigenvalue weighted by atomic mass is 10.1. The Morgan fingerprint density at radius 2 is 1.38 bits per heavy atom. The predicted octanol–water partition coefficient (Wildman–Crippen LogP) is 2.88. The van der Waals surface area contributed by atoms with Crippen molar-refractivity contribution in [3.05, 3.63) is 54.1 Å². The van der Waals surface area contributed by atoms with Crippen LogP contribution in [0.5, 0.6) is 0 Å². The van der Waals surface area contributed by atoms with Gasteiger partial charge in [0.15, 0.2) is 0 Å². The summed E-state index contributed by atoms with van der Waals surface area (Å²) in [6.07, 6.45) is 3.61. The minimum absolute atomic E-state index is 0.0221. The highest BCUT2D eigenvalue weighted by molar-refractivity contribution is 7.92. The van der Waals surface area contributed by atoms with Gasteiger partial charge in [-0.25, -0.2) is 21.6 Å². The first-order valence-corrected chi connectivity index (χ1v) is 11.5. The number of aryl methyl sites for hydroxylation is 1. The van der Waals surface area contributed by atoms with E-state index in [0.29, 0.717) is 5.69 Å². The van der Waals surface area contributed by atoms with Crippen molar-refractivity contribution in [2.45, 2.75) is 48.4 Å². The van der Waals surface area contributed by atoms with E-state index in [1.165, 1.54) is 24.3 Å². The van der Waals surface area contributed by atoms with E-state index in [0.717, 1.165) is 31.2 Å². The molecule has 2 N–H and O–H groups in total. The van der Waals surface area contributed by atoms with Crippen LogP contribution in [0.4, 0.5) is 5.69 Å². The topological polar surface area (TPSA) is 92.3 Å². The van der Waals surface area contributed by atoms with Crippen LogP contribution in [0.15, 0.2) is 58.3 Å². The molecule has 2 aromatic rings. The third-order valence-electron chi connectivity index (χ3n) is 4.09. The Hall–Kier alpha value is -1.90. The minimum Gasteiger partial charge on any atom is -0.280 e. The maximum Gasteiger partial charge on any atom is 0.261 e. The van der Waals surface area contributed by atoms with Crippen molar-refractivity contribution < 1.29 is 16.8 Å². The minimum atomic E-state index is -3.72. The summed E-state index contributed by atoms with van der Waals surface area (Å²) in [5, 5.41) is 0. The van der Waals surface area contributed by atoms with Crippen LogP contribution in [0.2, 0.25) is 0 Å². The Morgan fingerprint density at radius 3 is 1.92 bits per heavy atom. The zero-order chi connectivity index (χ0) is 18.8. The van der Waals surface area contributed by atoms with Crippen LogP contribution in [-0.2, 0) is 26.5 Å². The Morgan fingerprint density at radius 1 is 0.846 bits per heavy atom. The van der Waals surface area contributed by atoms with Crippen molar-refractivity contribution in [1.29, 1.82) is 0 Å². The maximum atomic E-state index is 12.5. The summed E-state index contributed by atoms with van der Waals surface area (Å²) >= 11 is 0. The molecule has 1 aliphatic rings. The molecule has 1 aliphatic carbocycles. The first kappa shape index (κ1) is 18.9. The zero-order valence-electron chi connectivity index (χ0n) is 14.5. The molecule has 0 unspecified atom stereocenters. The van der Waals surface area contributed by atoms with E-state index < -0.39 is 20.0 Å². The van der Waals surface area contributed by atoms with E-state index in [2.05, 4.69) is 16.4 Å². The van der Waals surface area contributed by atoms with Crippen molar-refractivity contribution in [1.82, 2.24) is 4.72 Å². The van der Waals surface area contributed by atoms with Gasteiger partial charge in [-0.3, -0.25) is 4.72 Å². The maximum absolute atomic E-state index is 12.5. The molecule has 0 radical (unpaired) electrons. The number of hydrogen-bond donors (Lipinski definition) is 2. The summed E-state index contributed by atoms with van der Waals surface area (Å²) in [4.78, 5) is 0.292. The first-order valence-electron chi connectivity index (χ1n) is 8.54. The van der Waals surface area contributed by atoms with Crippen LogP contribution in [0, 0.1) is 0 Å². The van der Waals surface area contributed by atoms with Crippen LogP contribution in [0.25, 0.3) is 0 Å². The van der Waals surface area contributed by atoms with Crippen molar-refractivity contribution >= 4 is 25.7 Å². The van der Waals surface area contributed by atoms with Gasteiger partial charge in [-0.1, -0.05) is 25.5 Å². The van der Waals surface area contributed by atoms with E-state index in [-0.39, 0.29) is 15.8 Å². The summed E-state index contributed by atoms with van der Waals surface area (Å²) in [7, 11) is -7.26. The molecule has 0 heterocycles. The molecule has 0 bridgehead atoms. The van der Waals surface area contributed by atoms with Gasteiger partial charge in [0.1, 0.15) is 0 Å². The number of anilines is 1. The highest BCUT2D eigenvalue weighted by Crippen LogP contribution is 2.23. The average Bonchev–Trinajstić information content (AvgIpc) is 3.39. The van der Waals surface area contributed by atoms with Gasteiger partial charge >= 0.3 is 0 Å². The zero-order valence-corrected chi connectivity index (χ0v) is 16.1. The molecule has 3 rings (SSSR count). The third-order valence-corrected chi connectivity index (χ3v) is 7.02. The fourth-order valence-electron chi connectivity index (χ4n) is 2.53. The van der Waals surface area contributed by atoms with Crippen LogP contribution in [-0.4, -0.2) is 22.9 Å². The average molecular weight is 395 g/mol. The molecular weight excluding hydrogens is 372 g/mol. The summed E-state index contributed by atoms with van der Waals surface area (Å²) in [5.74, 6) is 0. The lowest BCUT2D eigenvalue weighted by molar-refractivity contribution is 0.581. The molecule has 8 heteroatoms. The number of benzene rings is 2. The quantitative estimate of drug-likeness (QED) is 0.720. The second-order valence-electron chi connectivity index (χ2n) is 6.42.